The van der Waals surface area contributed by atoms with Gasteiger partial charge in [0.15, 0.2) is 5.13 Å². The maximum absolute atomic E-state index is 11.6. The zero-order valence-corrected chi connectivity index (χ0v) is 12.3. The Labute approximate surface area is 125 Å². The molecule has 2 rings (SSSR count). The third-order valence-corrected chi connectivity index (χ3v) is 3.78. The van der Waals surface area contributed by atoms with Gasteiger partial charge >= 0.3 is 6.03 Å². The van der Waals surface area contributed by atoms with Crippen molar-refractivity contribution in [1.29, 1.82) is 0 Å². The molecule has 20 heavy (non-hydrogen) atoms. The minimum absolute atomic E-state index is 0.0694. The highest BCUT2D eigenvalue weighted by Crippen LogP contribution is 2.21. The number of rotatable bonds is 4. The highest BCUT2D eigenvalue weighted by atomic mass is 35.5. The summed E-state index contributed by atoms with van der Waals surface area (Å²) < 4.78 is 0. The number of aliphatic hydroxyl groups excluding tert-OH is 1. The quantitative estimate of drug-likeness (QED) is 0.812. The molecule has 1 heterocycles. The number of urea groups is 1. The minimum atomic E-state index is -0.854. The van der Waals surface area contributed by atoms with Gasteiger partial charge in [0.05, 0.1) is 11.8 Å². The fraction of sp³-hybridized carbons (Fsp3) is 0.231. The molecule has 2 aromatic rings. The van der Waals surface area contributed by atoms with E-state index in [1.54, 1.807) is 24.3 Å². The smallest absolute Gasteiger partial charge is 0.321 e. The topological polar surface area (TPSA) is 74.2 Å². The van der Waals surface area contributed by atoms with Crippen LogP contribution in [0.4, 0.5) is 9.93 Å². The molecule has 7 heteroatoms. The van der Waals surface area contributed by atoms with Crippen LogP contribution in [0.25, 0.3) is 0 Å². The number of aromatic nitrogens is 1. The van der Waals surface area contributed by atoms with Crippen LogP contribution in [-0.2, 0) is 0 Å². The Morgan fingerprint density at radius 1 is 1.50 bits per heavy atom. The van der Waals surface area contributed by atoms with E-state index in [2.05, 4.69) is 15.6 Å². The van der Waals surface area contributed by atoms with Crippen LogP contribution in [-0.4, -0.2) is 22.7 Å². The number of anilines is 1. The summed E-state index contributed by atoms with van der Waals surface area (Å²) in [4.78, 5) is 15.8. The van der Waals surface area contributed by atoms with Crippen molar-refractivity contribution in [1.82, 2.24) is 10.3 Å². The van der Waals surface area contributed by atoms with E-state index >= 15 is 0 Å². The maximum atomic E-state index is 11.6. The first kappa shape index (κ1) is 14.8. The normalized spacial score (nSPS) is 11.9. The maximum Gasteiger partial charge on any atom is 0.321 e. The van der Waals surface area contributed by atoms with Gasteiger partial charge in [-0.15, -0.1) is 11.3 Å². The molecular formula is C13H14ClN3O2S. The summed E-state index contributed by atoms with van der Waals surface area (Å²) in [6.07, 6.45) is -0.854. The van der Waals surface area contributed by atoms with E-state index in [1.807, 2.05) is 12.3 Å². The monoisotopic (exact) mass is 311 g/mol. The van der Waals surface area contributed by atoms with E-state index < -0.39 is 12.1 Å². The predicted octanol–water partition coefficient (Wildman–Crippen LogP) is 2.96. The standard InChI is InChI=1S/C13H14ClN3O2S/c1-8-7-20-13(16-8)17-12(19)15-6-11(18)9-4-2-3-5-10(9)14/h2-5,7,11,18H,6H2,1H3,(H2,15,16,17,19). The van der Waals surface area contributed by atoms with Crippen LogP contribution >= 0.6 is 22.9 Å². The lowest BCUT2D eigenvalue weighted by molar-refractivity contribution is 0.175. The van der Waals surface area contributed by atoms with Crippen LogP contribution in [0.15, 0.2) is 29.6 Å². The molecule has 1 aromatic heterocycles. The van der Waals surface area contributed by atoms with Gasteiger partial charge < -0.3 is 10.4 Å². The number of carbonyl (C=O) groups is 1. The summed E-state index contributed by atoms with van der Waals surface area (Å²) in [5, 5.41) is 18.0. The van der Waals surface area contributed by atoms with E-state index in [1.165, 1.54) is 11.3 Å². The first-order valence-electron chi connectivity index (χ1n) is 5.95. The van der Waals surface area contributed by atoms with E-state index in [0.717, 1.165) is 5.69 Å². The Hall–Kier alpha value is -1.63. The number of hydrogen-bond acceptors (Lipinski definition) is 4. The number of carbonyl (C=O) groups excluding carboxylic acids is 1. The van der Waals surface area contributed by atoms with Gasteiger partial charge in [-0.05, 0) is 13.0 Å². The molecular weight excluding hydrogens is 298 g/mol. The van der Waals surface area contributed by atoms with Crippen molar-refractivity contribution in [3.63, 3.8) is 0 Å². The van der Waals surface area contributed by atoms with E-state index in [9.17, 15) is 9.90 Å². The zero-order chi connectivity index (χ0) is 14.5. The third-order valence-electron chi connectivity index (χ3n) is 2.56. The van der Waals surface area contributed by atoms with Gasteiger partial charge in [0, 0.05) is 22.5 Å². The summed E-state index contributed by atoms with van der Waals surface area (Å²) in [5.74, 6) is 0. The average molecular weight is 312 g/mol. The van der Waals surface area contributed by atoms with E-state index in [-0.39, 0.29) is 6.54 Å². The molecule has 1 unspecified atom stereocenters. The molecule has 106 valence electrons. The second-order valence-corrected chi connectivity index (χ2v) is 5.43. The van der Waals surface area contributed by atoms with Gasteiger partial charge in [0.2, 0.25) is 0 Å². The van der Waals surface area contributed by atoms with Crippen LogP contribution < -0.4 is 10.6 Å². The Bertz CT molecular complexity index is 603. The molecule has 0 aliphatic rings. The molecule has 1 atom stereocenters. The van der Waals surface area contributed by atoms with Gasteiger partial charge in [0.25, 0.3) is 0 Å². The molecule has 0 fully saturated rings. The van der Waals surface area contributed by atoms with E-state index in [0.29, 0.717) is 15.7 Å². The van der Waals surface area contributed by atoms with Crippen molar-refractivity contribution >= 4 is 34.1 Å². The van der Waals surface area contributed by atoms with E-state index in [4.69, 9.17) is 11.6 Å². The minimum Gasteiger partial charge on any atom is -0.387 e. The van der Waals surface area contributed by atoms with Gasteiger partial charge in [-0.2, -0.15) is 0 Å². The molecule has 3 N–H and O–H groups in total. The first-order chi connectivity index (χ1) is 9.56. The summed E-state index contributed by atoms with van der Waals surface area (Å²) in [6.45, 7) is 1.92. The van der Waals surface area contributed by atoms with Crippen LogP contribution in [0.5, 0.6) is 0 Å². The van der Waals surface area contributed by atoms with Gasteiger partial charge in [-0.1, -0.05) is 29.8 Å². The zero-order valence-electron chi connectivity index (χ0n) is 10.8. The number of halogens is 1. The number of nitrogens with zero attached hydrogens (tertiary/aromatic N) is 1. The lowest BCUT2D eigenvalue weighted by atomic mass is 10.1. The highest BCUT2D eigenvalue weighted by Gasteiger charge is 2.12. The molecule has 0 aliphatic heterocycles. The number of thiazole rings is 1. The van der Waals surface area contributed by atoms with Gasteiger partial charge in [0.1, 0.15) is 0 Å². The van der Waals surface area contributed by atoms with Crippen LogP contribution in [0.2, 0.25) is 5.02 Å². The summed E-state index contributed by atoms with van der Waals surface area (Å²) >= 11 is 7.31. The number of nitrogens with one attached hydrogen (secondary N) is 2. The third kappa shape index (κ3) is 3.93. The molecule has 0 saturated carbocycles. The number of aliphatic hydroxyl groups is 1. The Morgan fingerprint density at radius 2 is 2.25 bits per heavy atom. The number of hydrogen-bond donors (Lipinski definition) is 3. The number of aryl methyl sites for hydroxylation is 1. The molecule has 0 radical (unpaired) electrons. The van der Waals surface area contributed by atoms with Crippen molar-refractivity contribution in [3.05, 3.63) is 45.9 Å². The molecule has 0 bridgehead atoms. The first-order valence-corrected chi connectivity index (χ1v) is 7.21. The van der Waals surface area contributed by atoms with Crippen molar-refractivity contribution in [3.8, 4) is 0 Å². The second-order valence-electron chi connectivity index (χ2n) is 4.17. The molecule has 0 saturated heterocycles. The number of amides is 2. The lowest BCUT2D eigenvalue weighted by Crippen LogP contribution is -2.32. The summed E-state index contributed by atoms with van der Waals surface area (Å²) in [5.41, 5.74) is 1.43. The molecule has 0 spiro atoms. The van der Waals surface area contributed by atoms with Gasteiger partial charge in [-0.25, -0.2) is 9.78 Å². The Morgan fingerprint density at radius 3 is 2.90 bits per heavy atom. The van der Waals surface area contributed by atoms with Gasteiger partial charge in [-0.3, -0.25) is 5.32 Å². The molecule has 1 aromatic carbocycles. The van der Waals surface area contributed by atoms with Crippen molar-refractivity contribution in [2.45, 2.75) is 13.0 Å². The van der Waals surface area contributed by atoms with Crippen LogP contribution in [0.3, 0.4) is 0 Å². The largest absolute Gasteiger partial charge is 0.387 e. The highest BCUT2D eigenvalue weighted by molar-refractivity contribution is 7.13. The molecule has 2 amide bonds. The fourth-order valence-electron chi connectivity index (χ4n) is 1.60. The summed E-state index contributed by atoms with van der Waals surface area (Å²) in [7, 11) is 0. The number of benzene rings is 1. The SMILES string of the molecule is Cc1csc(NC(=O)NCC(O)c2ccccc2Cl)n1. The van der Waals surface area contributed by atoms with Crippen molar-refractivity contribution in [2.75, 3.05) is 11.9 Å². The predicted molar refractivity (Wildman–Crippen MR) is 80.3 cm³/mol. The average Bonchev–Trinajstić information content (AvgIpc) is 2.82. The van der Waals surface area contributed by atoms with Crippen molar-refractivity contribution in [2.24, 2.45) is 0 Å². The Balaban J connectivity index is 1.85. The fourth-order valence-corrected chi connectivity index (χ4v) is 2.54. The Kier molecular flexibility index (Phi) is 4.94. The molecule has 5 nitrogen and oxygen atoms in total. The van der Waals surface area contributed by atoms with Crippen LogP contribution in [0, 0.1) is 6.92 Å². The van der Waals surface area contributed by atoms with Crippen molar-refractivity contribution < 1.29 is 9.90 Å². The molecule has 0 aliphatic carbocycles. The van der Waals surface area contributed by atoms with Crippen LogP contribution in [0.1, 0.15) is 17.4 Å². The second kappa shape index (κ2) is 6.69. The lowest BCUT2D eigenvalue weighted by Gasteiger charge is -2.13. The summed E-state index contributed by atoms with van der Waals surface area (Å²) in [6, 6.07) is 6.56.